The molecule has 0 spiro atoms. The van der Waals surface area contributed by atoms with E-state index in [2.05, 4.69) is 4.98 Å². The molecule has 1 aromatic heterocycles. The number of primary amides is 1. The number of benzene rings is 1. The molecular weight excluding hydrogens is 190 g/mol. The van der Waals surface area contributed by atoms with Crippen molar-refractivity contribution in [1.29, 1.82) is 0 Å². The van der Waals surface area contributed by atoms with Gasteiger partial charge in [-0.3, -0.25) is 4.79 Å². The van der Waals surface area contributed by atoms with Gasteiger partial charge in [0.25, 0.3) is 0 Å². The number of imidazole rings is 1. The fourth-order valence-corrected chi connectivity index (χ4v) is 1.38. The third-order valence-corrected chi connectivity index (χ3v) is 2.14. The Morgan fingerprint density at radius 2 is 2.27 bits per heavy atom. The van der Waals surface area contributed by atoms with E-state index in [9.17, 15) is 4.79 Å². The number of carbonyl (C=O) groups excluding carboxylic acids is 1. The number of nitrogens with zero attached hydrogens (tertiary/aromatic N) is 2. The summed E-state index contributed by atoms with van der Waals surface area (Å²) in [6, 6.07) is 7.12. The highest BCUT2D eigenvalue weighted by atomic mass is 16.1. The van der Waals surface area contributed by atoms with Crippen LogP contribution in [-0.4, -0.2) is 15.5 Å². The molecule has 0 fully saturated rings. The van der Waals surface area contributed by atoms with E-state index in [-0.39, 0.29) is 0 Å². The summed E-state index contributed by atoms with van der Waals surface area (Å²) in [6.45, 7) is 1.91. The monoisotopic (exact) mass is 201 g/mol. The van der Waals surface area contributed by atoms with Gasteiger partial charge in [-0.2, -0.15) is 0 Å². The Hall–Kier alpha value is -2.10. The highest BCUT2D eigenvalue weighted by Crippen LogP contribution is 2.10. The summed E-state index contributed by atoms with van der Waals surface area (Å²) in [7, 11) is 0. The number of aromatic nitrogens is 2. The topological polar surface area (TPSA) is 60.9 Å². The fraction of sp³-hybridized carbons (Fsp3) is 0.0909. The average molecular weight is 201 g/mol. The first kappa shape index (κ1) is 9.45. The first-order chi connectivity index (χ1) is 7.16. The summed E-state index contributed by atoms with van der Waals surface area (Å²) in [6.07, 6.45) is 3.59. The molecule has 0 unspecified atom stereocenters. The molecule has 1 amide bonds. The summed E-state index contributed by atoms with van der Waals surface area (Å²) in [5.41, 5.74) is 7.51. The Morgan fingerprint density at radius 3 is 2.87 bits per heavy atom. The van der Waals surface area contributed by atoms with Crippen LogP contribution in [0.25, 0.3) is 5.69 Å². The van der Waals surface area contributed by atoms with Crippen LogP contribution in [-0.2, 0) is 0 Å². The van der Waals surface area contributed by atoms with E-state index in [1.807, 2.05) is 23.8 Å². The molecule has 1 heterocycles. The number of carbonyl (C=O) groups is 1. The SMILES string of the molecule is Cc1cn(-c2cccc(C(N)=O)c2)cn1. The fourth-order valence-electron chi connectivity index (χ4n) is 1.38. The van der Waals surface area contributed by atoms with Gasteiger partial charge in [0.05, 0.1) is 12.0 Å². The van der Waals surface area contributed by atoms with E-state index < -0.39 is 5.91 Å². The summed E-state index contributed by atoms with van der Waals surface area (Å²) in [5.74, 6) is -0.423. The molecular formula is C11H11N3O. The maximum Gasteiger partial charge on any atom is 0.248 e. The highest BCUT2D eigenvalue weighted by molar-refractivity contribution is 5.93. The number of amides is 1. The van der Waals surface area contributed by atoms with Gasteiger partial charge in [-0.1, -0.05) is 6.07 Å². The zero-order valence-electron chi connectivity index (χ0n) is 8.34. The molecule has 2 N–H and O–H groups in total. The van der Waals surface area contributed by atoms with Crippen LogP contribution in [0.1, 0.15) is 16.1 Å². The van der Waals surface area contributed by atoms with E-state index in [0.717, 1.165) is 11.4 Å². The first-order valence-corrected chi connectivity index (χ1v) is 4.57. The van der Waals surface area contributed by atoms with Crippen molar-refractivity contribution >= 4 is 5.91 Å². The largest absolute Gasteiger partial charge is 0.366 e. The zero-order valence-corrected chi connectivity index (χ0v) is 8.34. The summed E-state index contributed by atoms with van der Waals surface area (Å²) >= 11 is 0. The Labute approximate surface area is 87.4 Å². The van der Waals surface area contributed by atoms with Gasteiger partial charge < -0.3 is 10.3 Å². The molecule has 0 aliphatic heterocycles. The maximum absolute atomic E-state index is 11.0. The normalized spacial score (nSPS) is 10.2. The second kappa shape index (κ2) is 3.57. The van der Waals surface area contributed by atoms with Crippen LogP contribution >= 0.6 is 0 Å². The van der Waals surface area contributed by atoms with Gasteiger partial charge in [0.1, 0.15) is 0 Å². The average Bonchev–Trinajstić information content (AvgIpc) is 2.65. The van der Waals surface area contributed by atoms with E-state index in [0.29, 0.717) is 5.56 Å². The molecule has 0 aliphatic carbocycles. The molecule has 2 rings (SSSR count). The van der Waals surface area contributed by atoms with Crippen molar-refractivity contribution in [3.63, 3.8) is 0 Å². The van der Waals surface area contributed by atoms with Crippen LogP contribution in [0.15, 0.2) is 36.8 Å². The van der Waals surface area contributed by atoms with Crippen molar-refractivity contribution in [2.75, 3.05) is 0 Å². The molecule has 15 heavy (non-hydrogen) atoms. The lowest BCUT2D eigenvalue weighted by atomic mass is 10.2. The van der Waals surface area contributed by atoms with E-state index in [1.54, 1.807) is 24.5 Å². The molecule has 1 aromatic carbocycles. The van der Waals surface area contributed by atoms with Gasteiger partial charge in [0.2, 0.25) is 5.91 Å². The minimum Gasteiger partial charge on any atom is -0.366 e. The molecule has 0 saturated heterocycles. The zero-order chi connectivity index (χ0) is 10.8. The number of hydrogen-bond acceptors (Lipinski definition) is 2. The van der Waals surface area contributed by atoms with Crippen molar-refractivity contribution in [2.24, 2.45) is 5.73 Å². The lowest BCUT2D eigenvalue weighted by molar-refractivity contribution is 0.100. The molecule has 0 radical (unpaired) electrons. The van der Waals surface area contributed by atoms with E-state index in [4.69, 9.17) is 5.73 Å². The van der Waals surface area contributed by atoms with Crippen LogP contribution in [0, 0.1) is 6.92 Å². The third-order valence-electron chi connectivity index (χ3n) is 2.14. The molecule has 76 valence electrons. The molecule has 0 saturated carbocycles. The van der Waals surface area contributed by atoms with Crippen molar-refractivity contribution in [2.45, 2.75) is 6.92 Å². The van der Waals surface area contributed by atoms with Crippen molar-refractivity contribution in [3.8, 4) is 5.69 Å². The van der Waals surface area contributed by atoms with Gasteiger partial charge in [-0.15, -0.1) is 0 Å². The molecule has 0 aliphatic rings. The number of nitrogens with two attached hydrogens (primary N) is 1. The standard InChI is InChI=1S/C11H11N3O/c1-8-6-14(7-13-8)10-4-2-3-9(5-10)11(12)15/h2-7H,1H3,(H2,12,15). The Balaban J connectivity index is 2.45. The third kappa shape index (κ3) is 1.88. The predicted octanol–water partition coefficient (Wildman–Crippen LogP) is 1.28. The minimum absolute atomic E-state index is 0.423. The van der Waals surface area contributed by atoms with Crippen molar-refractivity contribution in [1.82, 2.24) is 9.55 Å². The quantitative estimate of drug-likeness (QED) is 0.795. The Kier molecular flexibility index (Phi) is 2.25. The number of hydrogen-bond donors (Lipinski definition) is 1. The summed E-state index contributed by atoms with van der Waals surface area (Å²) in [5, 5.41) is 0. The van der Waals surface area contributed by atoms with Gasteiger partial charge >= 0.3 is 0 Å². The van der Waals surface area contributed by atoms with Crippen LogP contribution in [0.2, 0.25) is 0 Å². The second-order valence-electron chi connectivity index (χ2n) is 3.34. The van der Waals surface area contributed by atoms with Crippen LogP contribution < -0.4 is 5.73 Å². The Morgan fingerprint density at radius 1 is 1.47 bits per heavy atom. The molecule has 4 nitrogen and oxygen atoms in total. The van der Waals surface area contributed by atoms with Gasteiger partial charge in [-0.25, -0.2) is 4.98 Å². The lowest BCUT2D eigenvalue weighted by Gasteiger charge is -2.02. The smallest absolute Gasteiger partial charge is 0.248 e. The molecule has 0 bridgehead atoms. The molecule has 2 aromatic rings. The Bertz CT molecular complexity index is 502. The van der Waals surface area contributed by atoms with Gasteiger partial charge in [0.15, 0.2) is 0 Å². The summed E-state index contributed by atoms with van der Waals surface area (Å²) in [4.78, 5) is 15.1. The van der Waals surface area contributed by atoms with Crippen molar-refractivity contribution in [3.05, 3.63) is 48.0 Å². The van der Waals surface area contributed by atoms with Crippen LogP contribution in [0.3, 0.4) is 0 Å². The molecule has 0 atom stereocenters. The van der Waals surface area contributed by atoms with Gasteiger partial charge in [-0.05, 0) is 25.1 Å². The van der Waals surface area contributed by atoms with Crippen LogP contribution in [0.5, 0.6) is 0 Å². The highest BCUT2D eigenvalue weighted by Gasteiger charge is 2.02. The first-order valence-electron chi connectivity index (χ1n) is 4.57. The van der Waals surface area contributed by atoms with Crippen LogP contribution in [0.4, 0.5) is 0 Å². The van der Waals surface area contributed by atoms with Gasteiger partial charge in [0, 0.05) is 17.4 Å². The minimum atomic E-state index is -0.423. The maximum atomic E-state index is 11.0. The van der Waals surface area contributed by atoms with Crippen molar-refractivity contribution < 1.29 is 4.79 Å². The van der Waals surface area contributed by atoms with E-state index in [1.165, 1.54) is 0 Å². The van der Waals surface area contributed by atoms with E-state index >= 15 is 0 Å². The number of aryl methyl sites for hydroxylation is 1. The second-order valence-corrected chi connectivity index (χ2v) is 3.34. The molecule has 4 heteroatoms. The lowest BCUT2D eigenvalue weighted by Crippen LogP contribution is -2.11. The summed E-state index contributed by atoms with van der Waals surface area (Å²) < 4.78 is 1.85. The number of rotatable bonds is 2. The predicted molar refractivity (Wildman–Crippen MR) is 56.8 cm³/mol.